The normalized spacial score (nSPS) is 14.1. The van der Waals surface area contributed by atoms with Gasteiger partial charge in [-0.15, -0.1) is 11.3 Å². The summed E-state index contributed by atoms with van der Waals surface area (Å²) in [5.74, 6) is -0.104. The first-order valence-corrected chi connectivity index (χ1v) is 8.64. The van der Waals surface area contributed by atoms with Gasteiger partial charge in [0.2, 0.25) is 5.91 Å². The second-order valence-corrected chi connectivity index (χ2v) is 6.69. The highest BCUT2D eigenvalue weighted by Gasteiger charge is 2.16. The van der Waals surface area contributed by atoms with E-state index in [9.17, 15) is 9.59 Å². The molecule has 5 nitrogen and oxygen atoms in total. The molecule has 1 aromatic carbocycles. The Morgan fingerprint density at radius 1 is 1.38 bits per heavy atom. The number of carbonyl (C=O) groups excluding carboxylic acids is 2. The molecule has 0 spiro atoms. The van der Waals surface area contributed by atoms with Crippen molar-refractivity contribution in [2.75, 3.05) is 5.32 Å². The van der Waals surface area contributed by atoms with Crippen molar-refractivity contribution < 1.29 is 9.59 Å². The SMILES string of the molecule is O=C1CCc2cc(C(=O)/C=C/c3c(Cl)nc4sccn34)ccc2N1. The third kappa shape index (κ3) is 2.64. The van der Waals surface area contributed by atoms with Gasteiger partial charge in [-0.25, -0.2) is 4.98 Å². The Kier molecular flexibility index (Phi) is 3.70. The van der Waals surface area contributed by atoms with Crippen LogP contribution in [0.5, 0.6) is 0 Å². The zero-order valence-corrected chi connectivity index (χ0v) is 14.0. The molecule has 1 aliphatic heterocycles. The lowest BCUT2D eigenvalue weighted by Crippen LogP contribution is -2.19. The van der Waals surface area contributed by atoms with Gasteiger partial charge < -0.3 is 5.32 Å². The van der Waals surface area contributed by atoms with Gasteiger partial charge in [-0.05, 0) is 42.3 Å². The molecule has 0 atom stereocenters. The number of amides is 1. The lowest BCUT2D eigenvalue weighted by atomic mass is 9.98. The highest BCUT2D eigenvalue weighted by molar-refractivity contribution is 7.15. The number of hydrogen-bond acceptors (Lipinski definition) is 4. The van der Waals surface area contributed by atoms with Crippen LogP contribution in [-0.2, 0) is 11.2 Å². The molecule has 120 valence electrons. The average molecular weight is 358 g/mol. The van der Waals surface area contributed by atoms with Gasteiger partial charge in [-0.2, -0.15) is 0 Å². The van der Waals surface area contributed by atoms with Crippen LogP contribution >= 0.6 is 22.9 Å². The van der Waals surface area contributed by atoms with Gasteiger partial charge in [0.25, 0.3) is 0 Å². The van der Waals surface area contributed by atoms with Crippen molar-refractivity contribution in [3.05, 3.63) is 57.8 Å². The molecule has 0 fully saturated rings. The van der Waals surface area contributed by atoms with E-state index in [4.69, 9.17) is 11.6 Å². The van der Waals surface area contributed by atoms with Gasteiger partial charge in [0, 0.05) is 29.2 Å². The molecule has 1 N–H and O–H groups in total. The van der Waals surface area contributed by atoms with Crippen LogP contribution in [0.1, 0.15) is 28.0 Å². The van der Waals surface area contributed by atoms with E-state index < -0.39 is 0 Å². The summed E-state index contributed by atoms with van der Waals surface area (Å²) < 4.78 is 1.85. The quantitative estimate of drug-likeness (QED) is 0.572. The Morgan fingerprint density at radius 3 is 3.12 bits per heavy atom. The minimum atomic E-state index is -0.115. The van der Waals surface area contributed by atoms with Crippen LogP contribution in [0.25, 0.3) is 11.0 Å². The number of ketones is 1. The molecular weight excluding hydrogens is 346 g/mol. The maximum atomic E-state index is 12.4. The van der Waals surface area contributed by atoms with Crippen LogP contribution in [0.2, 0.25) is 5.15 Å². The molecule has 0 saturated heterocycles. The molecule has 1 amide bonds. The third-order valence-corrected chi connectivity index (χ3v) is 4.97. The predicted octanol–water partition coefficient (Wildman–Crippen LogP) is 3.83. The molecule has 1 aliphatic rings. The fraction of sp³-hybridized carbons (Fsp3) is 0.118. The number of benzene rings is 1. The third-order valence-electron chi connectivity index (χ3n) is 3.93. The molecule has 0 bridgehead atoms. The first kappa shape index (κ1) is 15.1. The molecule has 24 heavy (non-hydrogen) atoms. The van der Waals surface area contributed by atoms with Crippen LogP contribution in [-0.4, -0.2) is 21.1 Å². The molecule has 2 aromatic heterocycles. The molecular formula is C17H12ClN3O2S. The Balaban J connectivity index is 1.61. The van der Waals surface area contributed by atoms with E-state index in [1.165, 1.54) is 17.4 Å². The van der Waals surface area contributed by atoms with Gasteiger partial charge >= 0.3 is 0 Å². The maximum absolute atomic E-state index is 12.4. The number of hydrogen-bond donors (Lipinski definition) is 1. The number of carbonyl (C=O) groups is 2. The number of aryl methyl sites for hydroxylation is 1. The summed E-state index contributed by atoms with van der Waals surface area (Å²) in [6, 6.07) is 5.32. The minimum Gasteiger partial charge on any atom is -0.326 e. The summed E-state index contributed by atoms with van der Waals surface area (Å²) in [5.41, 5.74) is 3.04. The van der Waals surface area contributed by atoms with Gasteiger partial charge in [0.15, 0.2) is 15.9 Å². The maximum Gasteiger partial charge on any atom is 0.224 e. The Labute approximate surface area is 146 Å². The number of aromatic nitrogens is 2. The predicted molar refractivity (Wildman–Crippen MR) is 94.8 cm³/mol. The number of rotatable bonds is 3. The van der Waals surface area contributed by atoms with E-state index in [1.54, 1.807) is 18.2 Å². The number of fused-ring (bicyclic) bond motifs is 2. The average Bonchev–Trinajstić information content (AvgIpc) is 3.13. The van der Waals surface area contributed by atoms with Gasteiger partial charge in [0.05, 0.1) is 5.69 Å². The molecule has 4 rings (SSSR count). The standard InChI is InChI=1S/C17H12ClN3O2S/c18-16-13(21-7-8-24-17(21)20-16)4-5-14(22)11-1-3-12-10(9-11)2-6-15(23)19-12/h1,3-5,7-9H,2,6H2,(H,19,23)/b5-4+. The zero-order chi connectivity index (χ0) is 16.7. The zero-order valence-electron chi connectivity index (χ0n) is 12.5. The fourth-order valence-electron chi connectivity index (χ4n) is 2.71. The van der Waals surface area contributed by atoms with Gasteiger partial charge in [-0.3, -0.25) is 14.0 Å². The highest BCUT2D eigenvalue weighted by atomic mass is 35.5. The van der Waals surface area contributed by atoms with Crippen molar-refractivity contribution in [3.8, 4) is 0 Å². The van der Waals surface area contributed by atoms with Gasteiger partial charge in [-0.1, -0.05) is 11.6 Å². The molecule has 7 heteroatoms. The summed E-state index contributed by atoms with van der Waals surface area (Å²) in [6.07, 6.45) is 6.14. The Bertz CT molecular complexity index is 1000. The van der Waals surface area contributed by atoms with Crippen molar-refractivity contribution >= 4 is 51.4 Å². The number of halogens is 1. The lowest BCUT2D eigenvalue weighted by Gasteiger charge is -2.16. The van der Waals surface area contributed by atoms with Crippen LogP contribution in [0.3, 0.4) is 0 Å². The summed E-state index contributed by atoms with van der Waals surface area (Å²) >= 11 is 7.60. The first-order valence-electron chi connectivity index (χ1n) is 7.38. The van der Waals surface area contributed by atoms with E-state index in [-0.39, 0.29) is 11.7 Å². The second kappa shape index (κ2) is 5.89. The summed E-state index contributed by atoms with van der Waals surface area (Å²) in [5, 5.41) is 5.10. The van der Waals surface area contributed by atoms with E-state index in [2.05, 4.69) is 10.3 Å². The van der Waals surface area contributed by atoms with Crippen molar-refractivity contribution in [2.45, 2.75) is 12.8 Å². The number of anilines is 1. The fourth-order valence-corrected chi connectivity index (χ4v) is 3.72. The van der Waals surface area contributed by atoms with Crippen molar-refractivity contribution in [2.24, 2.45) is 0 Å². The van der Waals surface area contributed by atoms with Crippen LogP contribution in [0.15, 0.2) is 35.9 Å². The number of nitrogens with zero attached hydrogens (tertiary/aromatic N) is 2. The highest BCUT2D eigenvalue weighted by Crippen LogP contribution is 2.25. The Morgan fingerprint density at radius 2 is 2.25 bits per heavy atom. The summed E-state index contributed by atoms with van der Waals surface area (Å²) in [6.45, 7) is 0. The van der Waals surface area contributed by atoms with Gasteiger partial charge in [0.1, 0.15) is 0 Å². The van der Waals surface area contributed by atoms with E-state index in [0.717, 1.165) is 16.2 Å². The van der Waals surface area contributed by atoms with E-state index in [0.29, 0.717) is 29.3 Å². The summed E-state index contributed by atoms with van der Waals surface area (Å²) in [7, 11) is 0. The molecule has 3 aromatic rings. The van der Waals surface area contributed by atoms with E-state index >= 15 is 0 Å². The number of imidazole rings is 1. The Hall–Kier alpha value is -2.44. The van der Waals surface area contributed by atoms with Crippen molar-refractivity contribution in [1.29, 1.82) is 0 Å². The van der Waals surface area contributed by atoms with Crippen LogP contribution in [0.4, 0.5) is 5.69 Å². The first-order chi connectivity index (χ1) is 11.6. The van der Waals surface area contributed by atoms with Crippen molar-refractivity contribution in [3.63, 3.8) is 0 Å². The lowest BCUT2D eigenvalue weighted by molar-refractivity contribution is -0.116. The minimum absolute atomic E-state index is 0.0108. The number of thiazole rings is 1. The molecule has 0 unspecified atom stereocenters. The monoisotopic (exact) mass is 357 g/mol. The number of nitrogens with one attached hydrogen (secondary N) is 1. The molecule has 3 heterocycles. The largest absolute Gasteiger partial charge is 0.326 e. The molecule has 0 aliphatic carbocycles. The second-order valence-electron chi connectivity index (χ2n) is 5.46. The topological polar surface area (TPSA) is 63.5 Å². The molecule has 0 saturated carbocycles. The van der Waals surface area contributed by atoms with Crippen LogP contribution < -0.4 is 5.32 Å². The smallest absolute Gasteiger partial charge is 0.224 e. The molecule has 0 radical (unpaired) electrons. The summed E-state index contributed by atoms with van der Waals surface area (Å²) in [4.78, 5) is 28.8. The van der Waals surface area contributed by atoms with Crippen LogP contribution in [0, 0.1) is 0 Å². The van der Waals surface area contributed by atoms with E-state index in [1.807, 2.05) is 22.0 Å². The van der Waals surface area contributed by atoms with Crippen molar-refractivity contribution in [1.82, 2.24) is 9.38 Å². The number of allylic oxidation sites excluding steroid dienone is 1.